The Kier molecular flexibility index (Phi) is 3.67. The highest BCUT2D eigenvalue weighted by Gasteiger charge is 2.31. The molecular formula is C11H16BrNOS. The molecule has 0 radical (unpaired) electrons. The smallest absolute Gasteiger partial charge is 0.305 e. The SMILES string of the molecule is O=c1sccn1CC1(CBr)CCCCC1. The summed E-state index contributed by atoms with van der Waals surface area (Å²) in [5, 5.41) is 2.90. The first-order valence-electron chi connectivity index (χ1n) is 5.46. The average molecular weight is 290 g/mol. The molecule has 1 aromatic rings. The zero-order chi connectivity index (χ0) is 10.7. The number of hydrogen-bond donors (Lipinski definition) is 0. The van der Waals surface area contributed by atoms with Crippen LogP contribution < -0.4 is 4.87 Å². The number of nitrogens with zero attached hydrogens (tertiary/aromatic N) is 1. The van der Waals surface area contributed by atoms with Crippen LogP contribution in [0.1, 0.15) is 32.1 Å². The van der Waals surface area contributed by atoms with E-state index in [1.54, 1.807) is 0 Å². The molecule has 1 aliphatic rings. The Morgan fingerprint density at radius 2 is 2.13 bits per heavy atom. The van der Waals surface area contributed by atoms with Gasteiger partial charge in [0.1, 0.15) is 0 Å². The van der Waals surface area contributed by atoms with Gasteiger partial charge in [-0.25, -0.2) is 0 Å². The summed E-state index contributed by atoms with van der Waals surface area (Å²) in [4.78, 5) is 11.7. The number of hydrogen-bond acceptors (Lipinski definition) is 2. The predicted octanol–water partition coefficient (Wildman–Crippen LogP) is 3.26. The molecule has 1 aliphatic carbocycles. The van der Waals surface area contributed by atoms with Gasteiger partial charge in [0.15, 0.2) is 0 Å². The van der Waals surface area contributed by atoms with Crippen LogP contribution in [-0.4, -0.2) is 9.90 Å². The summed E-state index contributed by atoms with van der Waals surface area (Å²) in [6.07, 6.45) is 8.40. The second-order valence-corrected chi connectivity index (χ2v) is 5.91. The maximum atomic E-state index is 11.5. The van der Waals surface area contributed by atoms with Crippen LogP contribution in [0.5, 0.6) is 0 Å². The third-order valence-electron chi connectivity index (χ3n) is 3.35. The average Bonchev–Trinajstić information content (AvgIpc) is 2.66. The summed E-state index contributed by atoms with van der Waals surface area (Å²) in [6.45, 7) is 0.889. The molecule has 2 rings (SSSR count). The van der Waals surface area contributed by atoms with Crippen LogP contribution in [0.3, 0.4) is 0 Å². The maximum absolute atomic E-state index is 11.5. The van der Waals surface area contributed by atoms with Crippen molar-refractivity contribution in [1.29, 1.82) is 0 Å². The highest BCUT2D eigenvalue weighted by atomic mass is 79.9. The van der Waals surface area contributed by atoms with Crippen LogP contribution in [-0.2, 0) is 6.54 Å². The highest BCUT2D eigenvalue weighted by Crippen LogP contribution is 2.39. The van der Waals surface area contributed by atoms with Crippen molar-refractivity contribution in [3.05, 3.63) is 21.2 Å². The van der Waals surface area contributed by atoms with E-state index in [4.69, 9.17) is 0 Å². The van der Waals surface area contributed by atoms with E-state index in [0.29, 0.717) is 5.41 Å². The summed E-state index contributed by atoms with van der Waals surface area (Å²) in [5.41, 5.74) is 0.323. The Balaban J connectivity index is 2.14. The van der Waals surface area contributed by atoms with E-state index in [2.05, 4.69) is 15.9 Å². The van der Waals surface area contributed by atoms with Crippen LogP contribution in [0.2, 0.25) is 0 Å². The van der Waals surface area contributed by atoms with Crippen molar-refractivity contribution in [3.63, 3.8) is 0 Å². The van der Waals surface area contributed by atoms with Gasteiger partial charge in [0.05, 0.1) is 0 Å². The quantitative estimate of drug-likeness (QED) is 0.783. The minimum Gasteiger partial charge on any atom is -0.305 e. The summed E-state index contributed by atoms with van der Waals surface area (Å²) >= 11 is 4.92. The van der Waals surface area contributed by atoms with Gasteiger partial charge in [-0.3, -0.25) is 4.79 Å². The molecule has 0 aromatic carbocycles. The van der Waals surface area contributed by atoms with Gasteiger partial charge < -0.3 is 4.57 Å². The number of thiazole rings is 1. The first-order chi connectivity index (χ1) is 7.26. The zero-order valence-electron chi connectivity index (χ0n) is 8.75. The maximum Gasteiger partial charge on any atom is 0.307 e. The fourth-order valence-electron chi connectivity index (χ4n) is 2.41. The summed E-state index contributed by atoms with van der Waals surface area (Å²) in [6, 6.07) is 0. The molecule has 0 spiro atoms. The van der Waals surface area contributed by atoms with Crippen LogP contribution in [0.4, 0.5) is 0 Å². The molecule has 84 valence electrons. The van der Waals surface area contributed by atoms with Crippen molar-refractivity contribution < 1.29 is 0 Å². The minimum atomic E-state index is 0.181. The molecule has 0 unspecified atom stereocenters. The van der Waals surface area contributed by atoms with Crippen molar-refractivity contribution in [2.45, 2.75) is 38.6 Å². The molecular weight excluding hydrogens is 274 g/mol. The lowest BCUT2D eigenvalue weighted by Crippen LogP contribution is -2.33. The predicted molar refractivity (Wildman–Crippen MR) is 67.9 cm³/mol. The van der Waals surface area contributed by atoms with Crippen molar-refractivity contribution in [2.24, 2.45) is 5.41 Å². The van der Waals surface area contributed by atoms with E-state index in [1.165, 1.54) is 43.4 Å². The molecule has 1 saturated carbocycles. The van der Waals surface area contributed by atoms with Gasteiger partial charge in [0, 0.05) is 23.5 Å². The molecule has 1 aromatic heterocycles. The van der Waals surface area contributed by atoms with Gasteiger partial charge in [0.25, 0.3) is 0 Å². The first kappa shape index (κ1) is 11.4. The molecule has 0 amide bonds. The normalized spacial score (nSPS) is 20.3. The van der Waals surface area contributed by atoms with E-state index in [9.17, 15) is 4.79 Å². The molecule has 0 bridgehead atoms. The highest BCUT2D eigenvalue weighted by molar-refractivity contribution is 9.09. The summed E-state index contributed by atoms with van der Waals surface area (Å²) < 4.78 is 1.87. The number of aromatic nitrogens is 1. The van der Waals surface area contributed by atoms with Gasteiger partial charge in [-0.15, -0.1) is 0 Å². The Labute approximate surface area is 102 Å². The Morgan fingerprint density at radius 3 is 2.67 bits per heavy atom. The van der Waals surface area contributed by atoms with Gasteiger partial charge in [-0.05, 0) is 18.3 Å². The van der Waals surface area contributed by atoms with Gasteiger partial charge in [0.2, 0.25) is 0 Å². The molecule has 0 aliphatic heterocycles. The number of alkyl halides is 1. The van der Waals surface area contributed by atoms with Crippen LogP contribution in [0, 0.1) is 5.41 Å². The molecule has 0 N–H and O–H groups in total. The molecule has 2 nitrogen and oxygen atoms in total. The monoisotopic (exact) mass is 289 g/mol. The second-order valence-electron chi connectivity index (χ2n) is 4.49. The summed E-state index contributed by atoms with van der Waals surface area (Å²) in [7, 11) is 0. The van der Waals surface area contributed by atoms with E-state index in [1.807, 2.05) is 16.1 Å². The van der Waals surface area contributed by atoms with E-state index >= 15 is 0 Å². The van der Waals surface area contributed by atoms with Gasteiger partial charge >= 0.3 is 4.87 Å². The molecule has 0 saturated heterocycles. The summed E-state index contributed by atoms with van der Waals surface area (Å²) in [5.74, 6) is 0. The topological polar surface area (TPSA) is 22.0 Å². The van der Waals surface area contributed by atoms with Crippen LogP contribution in [0.25, 0.3) is 0 Å². The Bertz CT molecular complexity index is 365. The van der Waals surface area contributed by atoms with E-state index < -0.39 is 0 Å². The van der Waals surface area contributed by atoms with Crippen molar-refractivity contribution >= 4 is 27.3 Å². The molecule has 0 atom stereocenters. The van der Waals surface area contributed by atoms with Gasteiger partial charge in [-0.2, -0.15) is 0 Å². The lowest BCUT2D eigenvalue weighted by Gasteiger charge is -2.35. The minimum absolute atomic E-state index is 0.181. The fraction of sp³-hybridized carbons (Fsp3) is 0.727. The lowest BCUT2D eigenvalue weighted by atomic mass is 9.75. The zero-order valence-corrected chi connectivity index (χ0v) is 11.1. The first-order valence-corrected chi connectivity index (χ1v) is 7.46. The van der Waals surface area contributed by atoms with Gasteiger partial charge in [-0.1, -0.05) is 46.5 Å². The van der Waals surface area contributed by atoms with Crippen LogP contribution in [0.15, 0.2) is 16.4 Å². The standard InChI is InChI=1S/C11H16BrNOS/c12-8-11(4-2-1-3-5-11)9-13-6-7-15-10(13)14/h6-7H,1-5,8-9H2. The molecule has 1 fully saturated rings. The number of rotatable bonds is 3. The van der Waals surface area contributed by atoms with Crippen molar-refractivity contribution in [3.8, 4) is 0 Å². The Hall–Kier alpha value is -0.0900. The molecule has 1 heterocycles. The molecule has 15 heavy (non-hydrogen) atoms. The fourth-order valence-corrected chi connectivity index (χ4v) is 3.73. The Morgan fingerprint density at radius 1 is 1.40 bits per heavy atom. The molecule has 4 heteroatoms. The van der Waals surface area contributed by atoms with Crippen molar-refractivity contribution in [2.75, 3.05) is 5.33 Å². The van der Waals surface area contributed by atoms with E-state index in [0.717, 1.165) is 11.9 Å². The largest absolute Gasteiger partial charge is 0.307 e. The number of halogens is 1. The third-order valence-corrected chi connectivity index (χ3v) is 5.23. The van der Waals surface area contributed by atoms with Crippen LogP contribution >= 0.6 is 27.3 Å². The van der Waals surface area contributed by atoms with E-state index in [-0.39, 0.29) is 4.87 Å². The van der Waals surface area contributed by atoms with Crippen molar-refractivity contribution in [1.82, 2.24) is 4.57 Å². The second kappa shape index (κ2) is 4.83. The lowest BCUT2D eigenvalue weighted by molar-refractivity contribution is 0.190. The third kappa shape index (κ3) is 2.53.